The summed E-state index contributed by atoms with van der Waals surface area (Å²) in [5, 5.41) is 9.44. The van der Waals surface area contributed by atoms with Crippen LogP contribution in [0.1, 0.15) is 39.0 Å². The second kappa shape index (κ2) is 10.2. The first-order valence-electron chi connectivity index (χ1n) is 7.83. The summed E-state index contributed by atoms with van der Waals surface area (Å²) in [4.78, 5) is 4.24. The smallest absolute Gasteiger partial charge is 0.151 e. The summed E-state index contributed by atoms with van der Waals surface area (Å²) in [5.74, 6) is 1.56. The zero-order valence-electron chi connectivity index (χ0n) is 13.4. The predicted octanol–water partition coefficient (Wildman–Crippen LogP) is 2.48. The van der Waals surface area contributed by atoms with Gasteiger partial charge in [0.25, 0.3) is 0 Å². The van der Waals surface area contributed by atoms with Crippen LogP contribution >= 0.6 is 0 Å². The minimum atomic E-state index is 0.734. The molecule has 0 aliphatic carbocycles. The summed E-state index contributed by atoms with van der Waals surface area (Å²) in [5.41, 5.74) is 6.67. The Labute approximate surface area is 128 Å². The van der Waals surface area contributed by atoms with Crippen LogP contribution in [-0.4, -0.2) is 37.3 Å². The molecule has 21 heavy (non-hydrogen) atoms. The maximum atomic E-state index is 5.69. The van der Waals surface area contributed by atoms with Gasteiger partial charge in [-0.1, -0.05) is 32.4 Å². The van der Waals surface area contributed by atoms with Crippen molar-refractivity contribution in [1.82, 2.24) is 10.3 Å². The summed E-state index contributed by atoms with van der Waals surface area (Å²) < 4.78 is 0. The minimum Gasteiger partial charge on any atom is -0.330 e. The van der Waals surface area contributed by atoms with Gasteiger partial charge in [0.2, 0.25) is 0 Å². The van der Waals surface area contributed by atoms with E-state index in [1.165, 1.54) is 19.3 Å². The third-order valence-corrected chi connectivity index (χ3v) is 3.67. The molecule has 0 saturated carbocycles. The Balaban J connectivity index is 2.56. The van der Waals surface area contributed by atoms with E-state index in [1.54, 1.807) is 19.5 Å². The van der Waals surface area contributed by atoms with Gasteiger partial charge >= 0.3 is 0 Å². The molecule has 0 aromatic heterocycles. The summed E-state index contributed by atoms with van der Waals surface area (Å²) in [6.45, 7) is 7.67. The van der Waals surface area contributed by atoms with E-state index in [0.717, 1.165) is 43.4 Å². The highest BCUT2D eigenvalue weighted by Gasteiger charge is 2.17. The third-order valence-electron chi connectivity index (χ3n) is 3.67. The third kappa shape index (κ3) is 5.71. The lowest BCUT2D eigenvalue weighted by atomic mass is 9.94. The van der Waals surface area contributed by atoms with Gasteiger partial charge in [0, 0.05) is 13.6 Å². The average Bonchev–Trinajstić information content (AvgIpc) is 2.49. The van der Waals surface area contributed by atoms with E-state index in [2.05, 4.69) is 28.9 Å². The fourth-order valence-corrected chi connectivity index (χ4v) is 2.66. The number of rotatable bonds is 9. The van der Waals surface area contributed by atoms with Crippen molar-refractivity contribution < 1.29 is 0 Å². The van der Waals surface area contributed by atoms with E-state index in [-0.39, 0.29) is 0 Å². The van der Waals surface area contributed by atoms with E-state index in [1.807, 2.05) is 11.1 Å². The lowest BCUT2D eigenvalue weighted by molar-refractivity contribution is 0.330. The molecule has 1 aliphatic rings. The van der Waals surface area contributed by atoms with Crippen LogP contribution in [0.5, 0.6) is 0 Å². The highest BCUT2D eigenvalue weighted by atomic mass is 15.5. The monoisotopic (exact) mass is 291 g/mol. The molecule has 0 amide bonds. The second-order valence-electron chi connectivity index (χ2n) is 5.25. The average molecular weight is 291 g/mol. The molecule has 1 rings (SSSR count). The molecule has 5 heteroatoms. The number of allylic oxidation sites excluding steroid dienone is 2. The first-order valence-corrected chi connectivity index (χ1v) is 7.83. The normalized spacial score (nSPS) is 19.9. The molecule has 118 valence electrons. The van der Waals surface area contributed by atoms with Gasteiger partial charge in [0.1, 0.15) is 12.0 Å². The van der Waals surface area contributed by atoms with E-state index in [4.69, 9.17) is 5.73 Å². The highest BCUT2D eigenvalue weighted by molar-refractivity contribution is 6.05. The van der Waals surface area contributed by atoms with Crippen LogP contribution in [0.4, 0.5) is 0 Å². The SMILES string of the molecule is C=C/C=C1/C(=NC)NC=NN1CCCC(CCC)CCN. The van der Waals surface area contributed by atoms with Crippen LogP contribution in [0.15, 0.2) is 34.5 Å². The molecular formula is C16H29N5. The molecule has 1 aliphatic heterocycles. The van der Waals surface area contributed by atoms with Crippen LogP contribution in [0.3, 0.4) is 0 Å². The summed E-state index contributed by atoms with van der Waals surface area (Å²) in [6.07, 6.45) is 11.3. The van der Waals surface area contributed by atoms with Crippen molar-refractivity contribution in [2.75, 3.05) is 20.1 Å². The van der Waals surface area contributed by atoms with Crippen molar-refractivity contribution in [3.8, 4) is 0 Å². The number of nitrogens with two attached hydrogens (primary N) is 1. The quantitative estimate of drug-likeness (QED) is 0.686. The zero-order chi connectivity index (χ0) is 15.5. The van der Waals surface area contributed by atoms with E-state index in [9.17, 15) is 0 Å². The number of aliphatic imine (C=N–C) groups is 1. The van der Waals surface area contributed by atoms with Crippen LogP contribution < -0.4 is 11.1 Å². The molecule has 1 heterocycles. The van der Waals surface area contributed by atoms with Crippen molar-refractivity contribution in [3.05, 3.63) is 24.4 Å². The highest BCUT2D eigenvalue weighted by Crippen LogP contribution is 2.19. The van der Waals surface area contributed by atoms with Gasteiger partial charge in [-0.25, -0.2) is 0 Å². The van der Waals surface area contributed by atoms with Gasteiger partial charge in [-0.15, -0.1) is 0 Å². The number of nitrogens with one attached hydrogen (secondary N) is 1. The Morgan fingerprint density at radius 1 is 1.48 bits per heavy atom. The minimum absolute atomic E-state index is 0.734. The zero-order valence-corrected chi connectivity index (χ0v) is 13.4. The molecule has 0 aromatic carbocycles. The molecular weight excluding hydrogens is 262 g/mol. The molecule has 5 nitrogen and oxygen atoms in total. The lowest BCUT2D eigenvalue weighted by Crippen LogP contribution is -2.38. The topological polar surface area (TPSA) is 66.0 Å². The maximum Gasteiger partial charge on any atom is 0.151 e. The Bertz CT molecular complexity index is 391. The van der Waals surface area contributed by atoms with Crippen molar-refractivity contribution in [2.24, 2.45) is 21.7 Å². The standard InChI is InChI=1S/C16H29N5/c1-4-7-14(10-11-17)9-6-12-21-15(8-5-2)16(18-3)19-13-20-21/h5,8,13-14H,2,4,6-7,9-12,17H2,1,3H3,(H,18,19,20)/b15-8-. The molecule has 0 saturated heterocycles. The first-order chi connectivity index (χ1) is 10.3. The number of hydrogen-bond donors (Lipinski definition) is 2. The van der Waals surface area contributed by atoms with Gasteiger partial charge in [-0.2, -0.15) is 5.10 Å². The molecule has 1 unspecified atom stereocenters. The molecule has 3 N–H and O–H groups in total. The van der Waals surface area contributed by atoms with Crippen LogP contribution in [0.25, 0.3) is 0 Å². The molecule has 0 fully saturated rings. The van der Waals surface area contributed by atoms with E-state index in [0.29, 0.717) is 0 Å². The maximum absolute atomic E-state index is 5.69. The molecule has 0 spiro atoms. The summed E-state index contributed by atoms with van der Waals surface area (Å²) >= 11 is 0. The van der Waals surface area contributed by atoms with Crippen molar-refractivity contribution in [1.29, 1.82) is 0 Å². The number of hydrogen-bond acceptors (Lipinski definition) is 4. The Morgan fingerprint density at radius 3 is 2.90 bits per heavy atom. The number of nitrogens with zero attached hydrogens (tertiary/aromatic N) is 3. The van der Waals surface area contributed by atoms with Gasteiger partial charge in [-0.05, 0) is 37.8 Å². The Morgan fingerprint density at radius 2 is 2.29 bits per heavy atom. The number of hydrazone groups is 1. The van der Waals surface area contributed by atoms with Gasteiger partial charge in [-0.3, -0.25) is 10.0 Å². The van der Waals surface area contributed by atoms with Crippen LogP contribution in [0, 0.1) is 5.92 Å². The van der Waals surface area contributed by atoms with E-state index < -0.39 is 0 Å². The van der Waals surface area contributed by atoms with Crippen LogP contribution in [-0.2, 0) is 0 Å². The fourth-order valence-electron chi connectivity index (χ4n) is 2.66. The summed E-state index contributed by atoms with van der Waals surface area (Å²) in [6, 6.07) is 0. The van der Waals surface area contributed by atoms with E-state index >= 15 is 0 Å². The lowest BCUT2D eigenvalue weighted by Gasteiger charge is -2.27. The van der Waals surface area contributed by atoms with Gasteiger partial charge in [0.15, 0.2) is 5.84 Å². The first kappa shape index (κ1) is 17.4. The van der Waals surface area contributed by atoms with Crippen LogP contribution in [0.2, 0.25) is 0 Å². The van der Waals surface area contributed by atoms with Crippen molar-refractivity contribution in [3.63, 3.8) is 0 Å². The molecule has 1 atom stereocenters. The predicted molar refractivity (Wildman–Crippen MR) is 91.3 cm³/mol. The molecule has 0 radical (unpaired) electrons. The molecule has 0 bridgehead atoms. The van der Waals surface area contributed by atoms with Crippen molar-refractivity contribution >= 4 is 12.2 Å². The Hall–Kier alpha value is -1.62. The second-order valence-corrected chi connectivity index (χ2v) is 5.25. The van der Waals surface area contributed by atoms with Crippen molar-refractivity contribution in [2.45, 2.75) is 39.0 Å². The number of amidine groups is 1. The largest absolute Gasteiger partial charge is 0.330 e. The molecule has 0 aromatic rings. The van der Waals surface area contributed by atoms with Gasteiger partial charge in [0.05, 0.1) is 0 Å². The Kier molecular flexibility index (Phi) is 8.43. The van der Waals surface area contributed by atoms with Gasteiger partial charge < -0.3 is 11.1 Å². The fraction of sp³-hybridized carbons (Fsp3) is 0.625. The summed E-state index contributed by atoms with van der Waals surface area (Å²) in [7, 11) is 1.77.